The van der Waals surface area contributed by atoms with Gasteiger partial charge in [-0.1, -0.05) is 18.5 Å². The molecule has 0 unspecified atom stereocenters. The molecular formula is C15H17ClN2O5S2. The Morgan fingerprint density at radius 3 is 2.76 bits per heavy atom. The molecule has 25 heavy (non-hydrogen) atoms. The van der Waals surface area contributed by atoms with Crippen molar-refractivity contribution in [3.8, 4) is 0 Å². The number of carbonyl (C=O) groups is 1. The molecule has 0 radical (unpaired) electrons. The molecule has 1 aromatic carbocycles. The van der Waals surface area contributed by atoms with Crippen molar-refractivity contribution in [3.05, 3.63) is 46.9 Å². The molecular weight excluding hydrogens is 388 g/mol. The molecule has 0 aliphatic heterocycles. The van der Waals surface area contributed by atoms with Crippen LogP contribution in [0.5, 0.6) is 0 Å². The predicted octanol–water partition coefficient (Wildman–Crippen LogP) is 3.23. The maximum Gasteiger partial charge on any atom is 0.337 e. The normalized spacial score (nSPS) is 11.4. The number of hydrogen-bond acceptors (Lipinski definition) is 6. The van der Waals surface area contributed by atoms with Crippen LogP contribution >= 0.6 is 23.4 Å². The van der Waals surface area contributed by atoms with Crippen LogP contribution < -0.4 is 10.0 Å². The van der Waals surface area contributed by atoms with Crippen LogP contribution in [0, 0.1) is 0 Å². The van der Waals surface area contributed by atoms with E-state index in [1.807, 2.05) is 6.92 Å². The molecule has 1 heterocycles. The Bertz CT molecular complexity index is 838. The first-order chi connectivity index (χ1) is 11.8. The van der Waals surface area contributed by atoms with Crippen LogP contribution in [0.15, 0.2) is 39.8 Å². The van der Waals surface area contributed by atoms with Gasteiger partial charge in [0.2, 0.25) is 10.0 Å². The summed E-state index contributed by atoms with van der Waals surface area (Å²) in [5, 5.41) is 12.2. The summed E-state index contributed by atoms with van der Waals surface area (Å²) in [6, 6.07) is 5.77. The van der Waals surface area contributed by atoms with E-state index in [1.54, 1.807) is 12.1 Å². The second kappa shape index (κ2) is 8.61. The van der Waals surface area contributed by atoms with Gasteiger partial charge in [-0.15, -0.1) is 11.8 Å². The SMILES string of the molecule is CCSCNS(=O)(=O)c1cc(C(=O)O)c(NCc2ccco2)cc1Cl. The Labute approximate surface area is 154 Å². The first-order valence-corrected chi connectivity index (χ1v) is 10.3. The fraction of sp³-hybridized carbons (Fsp3) is 0.267. The third-order valence-corrected chi connectivity index (χ3v) is 5.99. The molecule has 0 saturated carbocycles. The van der Waals surface area contributed by atoms with Gasteiger partial charge >= 0.3 is 5.97 Å². The molecule has 2 rings (SSSR count). The highest BCUT2D eigenvalue weighted by Gasteiger charge is 2.22. The molecule has 3 N–H and O–H groups in total. The van der Waals surface area contributed by atoms with Crippen molar-refractivity contribution in [1.82, 2.24) is 4.72 Å². The van der Waals surface area contributed by atoms with E-state index >= 15 is 0 Å². The van der Waals surface area contributed by atoms with Gasteiger partial charge < -0.3 is 14.8 Å². The highest BCUT2D eigenvalue weighted by atomic mass is 35.5. The Balaban J connectivity index is 2.31. The second-order valence-corrected chi connectivity index (χ2v) is 8.27. The first kappa shape index (κ1) is 19.6. The lowest BCUT2D eigenvalue weighted by Crippen LogP contribution is -2.24. The molecule has 10 heteroatoms. The molecule has 0 fully saturated rings. The van der Waals surface area contributed by atoms with Crippen LogP contribution in [0.1, 0.15) is 23.0 Å². The molecule has 0 atom stereocenters. The number of aromatic carboxylic acids is 1. The Morgan fingerprint density at radius 1 is 1.40 bits per heavy atom. The predicted molar refractivity (Wildman–Crippen MR) is 97.8 cm³/mol. The van der Waals surface area contributed by atoms with Crippen LogP contribution in [0.2, 0.25) is 5.02 Å². The summed E-state index contributed by atoms with van der Waals surface area (Å²) in [5.41, 5.74) is 0.00950. The van der Waals surface area contributed by atoms with Gasteiger partial charge in [0, 0.05) is 0 Å². The van der Waals surface area contributed by atoms with Gasteiger partial charge in [0.15, 0.2) is 0 Å². The summed E-state index contributed by atoms with van der Waals surface area (Å²) in [6.45, 7) is 2.13. The number of carboxylic acids is 1. The minimum atomic E-state index is -3.91. The van der Waals surface area contributed by atoms with Crippen molar-refractivity contribution in [1.29, 1.82) is 0 Å². The number of sulfonamides is 1. The highest BCUT2D eigenvalue weighted by molar-refractivity contribution is 8.00. The molecule has 2 aromatic rings. The molecule has 0 bridgehead atoms. The Hall–Kier alpha value is -1.68. The van der Waals surface area contributed by atoms with E-state index < -0.39 is 16.0 Å². The minimum absolute atomic E-state index is 0.0686. The topological polar surface area (TPSA) is 109 Å². The first-order valence-electron chi connectivity index (χ1n) is 7.25. The number of halogens is 1. The highest BCUT2D eigenvalue weighted by Crippen LogP contribution is 2.29. The second-order valence-electron chi connectivity index (χ2n) is 4.85. The average Bonchev–Trinajstić information content (AvgIpc) is 3.06. The van der Waals surface area contributed by atoms with E-state index in [1.165, 1.54) is 24.1 Å². The molecule has 0 saturated heterocycles. The number of anilines is 1. The number of carboxylic acid groups (broad SMARTS) is 1. The fourth-order valence-corrected chi connectivity index (χ4v) is 4.35. The van der Waals surface area contributed by atoms with Gasteiger partial charge in [-0.3, -0.25) is 0 Å². The van der Waals surface area contributed by atoms with Gasteiger partial charge in [0.25, 0.3) is 0 Å². The smallest absolute Gasteiger partial charge is 0.337 e. The van der Waals surface area contributed by atoms with E-state index in [0.29, 0.717) is 5.76 Å². The Kier molecular flexibility index (Phi) is 6.77. The molecule has 7 nitrogen and oxygen atoms in total. The molecule has 0 amide bonds. The average molecular weight is 405 g/mol. The van der Waals surface area contributed by atoms with E-state index in [4.69, 9.17) is 16.0 Å². The van der Waals surface area contributed by atoms with Gasteiger partial charge in [-0.05, 0) is 30.0 Å². The molecule has 0 spiro atoms. The van der Waals surface area contributed by atoms with E-state index in [2.05, 4.69) is 10.0 Å². The van der Waals surface area contributed by atoms with Gasteiger partial charge in [0.1, 0.15) is 10.7 Å². The van der Waals surface area contributed by atoms with Crippen LogP contribution in [0.25, 0.3) is 0 Å². The Morgan fingerprint density at radius 2 is 2.16 bits per heavy atom. The van der Waals surface area contributed by atoms with Crippen LogP contribution in [-0.4, -0.2) is 31.1 Å². The van der Waals surface area contributed by atoms with E-state index in [9.17, 15) is 18.3 Å². The van der Waals surface area contributed by atoms with E-state index in [0.717, 1.165) is 11.8 Å². The molecule has 1 aromatic heterocycles. The molecule has 0 aliphatic rings. The lowest BCUT2D eigenvalue weighted by Gasteiger charge is -2.13. The van der Waals surface area contributed by atoms with Crippen LogP contribution in [-0.2, 0) is 16.6 Å². The van der Waals surface area contributed by atoms with Crippen molar-refractivity contribution in [2.75, 3.05) is 16.9 Å². The van der Waals surface area contributed by atoms with Gasteiger partial charge in [-0.2, -0.15) is 0 Å². The third kappa shape index (κ3) is 5.15. The standard InChI is InChI=1S/C15H17ClN2O5S2/c1-2-24-9-18-25(21,22)14-6-11(15(19)20)13(7-12(14)16)17-8-10-4-3-5-23-10/h3-7,17-18H,2,8-9H2,1H3,(H,19,20). The van der Waals surface area contributed by atoms with Crippen molar-refractivity contribution >= 4 is 45.0 Å². The summed E-state index contributed by atoms with van der Waals surface area (Å²) in [6.07, 6.45) is 1.50. The minimum Gasteiger partial charge on any atom is -0.478 e. The van der Waals surface area contributed by atoms with Crippen molar-refractivity contribution in [3.63, 3.8) is 0 Å². The summed E-state index contributed by atoms with van der Waals surface area (Å²) in [4.78, 5) is 11.2. The summed E-state index contributed by atoms with van der Waals surface area (Å²) >= 11 is 7.46. The largest absolute Gasteiger partial charge is 0.478 e. The zero-order valence-corrected chi connectivity index (χ0v) is 15.7. The monoisotopic (exact) mass is 404 g/mol. The number of nitrogens with one attached hydrogen (secondary N) is 2. The zero-order chi connectivity index (χ0) is 18.4. The molecule has 136 valence electrons. The van der Waals surface area contributed by atoms with E-state index in [-0.39, 0.29) is 33.6 Å². The number of benzene rings is 1. The van der Waals surface area contributed by atoms with Crippen molar-refractivity contribution < 1.29 is 22.7 Å². The number of rotatable bonds is 9. The molecule has 0 aliphatic carbocycles. The van der Waals surface area contributed by atoms with Crippen molar-refractivity contribution in [2.24, 2.45) is 0 Å². The third-order valence-electron chi connectivity index (χ3n) is 3.18. The van der Waals surface area contributed by atoms with Crippen LogP contribution in [0.4, 0.5) is 5.69 Å². The zero-order valence-electron chi connectivity index (χ0n) is 13.3. The number of hydrogen-bond donors (Lipinski definition) is 3. The number of thioether (sulfide) groups is 1. The fourth-order valence-electron chi connectivity index (χ4n) is 1.98. The number of furan rings is 1. The van der Waals surface area contributed by atoms with Gasteiger partial charge in [-0.25, -0.2) is 17.9 Å². The summed E-state index contributed by atoms with van der Waals surface area (Å²) in [7, 11) is -3.91. The summed E-state index contributed by atoms with van der Waals surface area (Å²) < 4.78 is 32.2. The van der Waals surface area contributed by atoms with Gasteiger partial charge in [0.05, 0.1) is 35.0 Å². The maximum atomic E-state index is 12.3. The van der Waals surface area contributed by atoms with Crippen molar-refractivity contribution in [2.45, 2.75) is 18.4 Å². The van der Waals surface area contributed by atoms with Crippen LogP contribution in [0.3, 0.4) is 0 Å². The quantitative estimate of drug-likeness (QED) is 0.434. The lowest BCUT2D eigenvalue weighted by molar-refractivity contribution is 0.0697. The maximum absolute atomic E-state index is 12.3. The summed E-state index contributed by atoms with van der Waals surface area (Å²) in [5.74, 6) is 0.253. The lowest BCUT2D eigenvalue weighted by atomic mass is 10.1.